The molecule has 182 valence electrons. The van der Waals surface area contributed by atoms with Gasteiger partial charge in [0.05, 0.1) is 21.5 Å². The summed E-state index contributed by atoms with van der Waals surface area (Å²) in [6.07, 6.45) is 6.59. The van der Waals surface area contributed by atoms with Crippen LogP contribution >= 0.6 is 0 Å². The molecule has 2 amide bonds. The Morgan fingerprint density at radius 3 is 2.44 bits per heavy atom. The number of para-hydroxylation sites is 2. The van der Waals surface area contributed by atoms with E-state index in [1.165, 1.54) is 23.2 Å². The number of amides is 2. The van der Waals surface area contributed by atoms with Crippen LogP contribution in [0, 0.1) is 5.92 Å². The number of carbonyl (C=O) groups excluding carboxylic acids is 1. The highest BCUT2D eigenvalue weighted by atomic mass is 32.2. The second-order valence-electron chi connectivity index (χ2n) is 8.48. The first-order chi connectivity index (χ1) is 17.4. The fourth-order valence-corrected chi connectivity index (χ4v) is 5.80. The number of allylic oxidation sites excluding steroid dienone is 1. The number of urea groups is 1. The van der Waals surface area contributed by atoms with Crippen LogP contribution < -0.4 is 5.32 Å². The van der Waals surface area contributed by atoms with Crippen LogP contribution in [0.3, 0.4) is 0 Å². The molecule has 0 radical (unpaired) electrons. The molecule has 3 aromatic carbocycles. The molecular formula is C27H24N4O4S. The van der Waals surface area contributed by atoms with E-state index in [2.05, 4.69) is 15.4 Å². The molecule has 0 spiro atoms. The molecule has 0 fully saturated rings. The molecule has 2 aliphatic rings. The van der Waals surface area contributed by atoms with E-state index in [1.54, 1.807) is 73.1 Å². The molecule has 0 bridgehead atoms. The van der Waals surface area contributed by atoms with E-state index in [0.29, 0.717) is 18.4 Å². The van der Waals surface area contributed by atoms with Gasteiger partial charge < -0.3 is 10.4 Å². The smallest absolute Gasteiger partial charge is 0.342 e. The molecule has 2 heterocycles. The van der Waals surface area contributed by atoms with Gasteiger partial charge in [0, 0.05) is 36.0 Å². The van der Waals surface area contributed by atoms with Crippen molar-refractivity contribution in [1.82, 2.24) is 5.01 Å². The van der Waals surface area contributed by atoms with E-state index >= 15 is 0 Å². The summed E-state index contributed by atoms with van der Waals surface area (Å²) in [5.74, 6) is -0.00656. The van der Waals surface area contributed by atoms with Crippen LogP contribution in [-0.2, 0) is 9.84 Å². The van der Waals surface area contributed by atoms with Gasteiger partial charge in [-0.15, -0.1) is 0 Å². The van der Waals surface area contributed by atoms with Gasteiger partial charge in [0.2, 0.25) is 9.84 Å². The van der Waals surface area contributed by atoms with Crippen LogP contribution in [0.25, 0.3) is 0 Å². The number of nitrogens with zero attached hydrogens (tertiary/aromatic N) is 3. The Hall–Kier alpha value is -4.24. The number of phenolic OH excluding ortho intramolecular Hbond substituents is 1. The Morgan fingerprint density at radius 2 is 1.69 bits per heavy atom. The maximum atomic E-state index is 13.5. The number of hydrogen-bond acceptors (Lipinski definition) is 6. The van der Waals surface area contributed by atoms with E-state index in [0.717, 1.165) is 5.71 Å². The maximum absolute atomic E-state index is 13.5. The normalized spacial score (nSPS) is 19.2. The molecule has 2 atom stereocenters. The first-order valence-corrected chi connectivity index (χ1v) is 13.0. The van der Waals surface area contributed by atoms with Crippen molar-refractivity contribution >= 4 is 33.5 Å². The number of carbonyl (C=O) groups is 1. The minimum atomic E-state index is -3.87. The van der Waals surface area contributed by atoms with Crippen molar-refractivity contribution in [1.29, 1.82) is 0 Å². The standard InChI is InChI=1S/C27H24N4O4S/c32-25-14-6-4-12-21(25)24-17-23(19-9-8-16-28-18-19)30-31(24)27(33)29-22-13-5-7-15-26(22)36(34,35)20-10-2-1-3-11-20/h1-8,10-16,18-19,24,32H,9,17H2,(H,29,33). The average Bonchev–Trinajstić information content (AvgIpc) is 3.36. The number of hydrazone groups is 1. The molecule has 2 N–H and O–H groups in total. The highest BCUT2D eigenvalue weighted by Crippen LogP contribution is 2.38. The summed E-state index contributed by atoms with van der Waals surface area (Å²) in [5, 5.41) is 19.1. The average molecular weight is 501 g/mol. The Bertz CT molecular complexity index is 1480. The number of rotatable bonds is 5. The van der Waals surface area contributed by atoms with Gasteiger partial charge in [-0.2, -0.15) is 5.10 Å². The quantitative estimate of drug-likeness (QED) is 0.504. The van der Waals surface area contributed by atoms with Crippen LogP contribution in [0.5, 0.6) is 5.75 Å². The number of aromatic hydroxyl groups is 1. The third-order valence-electron chi connectivity index (χ3n) is 6.18. The highest BCUT2D eigenvalue weighted by Gasteiger charge is 2.37. The summed E-state index contributed by atoms with van der Waals surface area (Å²) in [5.41, 5.74) is 1.46. The second-order valence-corrected chi connectivity index (χ2v) is 10.4. The van der Waals surface area contributed by atoms with E-state index in [1.807, 2.05) is 6.08 Å². The lowest BCUT2D eigenvalue weighted by molar-refractivity contribution is 0.199. The lowest BCUT2D eigenvalue weighted by Crippen LogP contribution is -2.32. The molecule has 3 aromatic rings. The number of benzene rings is 3. The highest BCUT2D eigenvalue weighted by molar-refractivity contribution is 7.91. The molecule has 5 rings (SSSR count). The van der Waals surface area contributed by atoms with Crippen molar-refractivity contribution < 1.29 is 18.3 Å². The molecule has 0 saturated heterocycles. The van der Waals surface area contributed by atoms with Crippen molar-refractivity contribution in [2.24, 2.45) is 16.0 Å². The zero-order valence-corrected chi connectivity index (χ0v) is 20.0. The topological polar surface area (TPSA) is 111 Å². The van der Waals surface area contributed by atoms with E-state index in [9.17, 15) is 18.3 Å². The lowest BCUT2D eigenvalue weighted by atomic mass is 9.92. The largest absolute Gasteiger partial charge is 0.508 e. The van der Waals surface area contributed by atoms with Gasteiger partial charge in [-0.25, -0.2) is 18.2 Å². The minimum Gasteiger partial charge on any atom is -0.508 e. The fourth-order valence-electron chi connectivity index (χ4n) is 4.37. The zero-order valence-electron chi connectivity index (χ0n) is 19.2. The third kappa shape index (κ3) is 4.52. The Morgan fingerprint density at radius 1 is 0.972 bits per heavy atom. The van der Waals surface area contributed by atoms with Gasteiger partial charge in [0.25, 0.3) is 0 Å². The number of phenols is 1. The van der Waals surface area contributed by atoms with Gasteiger partial charge in [-0.1, -0.05) is 54.6 Å². The van der Waals surface area contributed by atoms with Gasteiger partial charge in [0.15, 0.2) is 0 Å². The molecule has 36 heavy (non-hydrogen) atoms. The first kappa shape index (κ1) is 23.5. The molecular weight excluding hydrogens is 476 g/mol. The second kappa shape index (κ2) is 9.79. The minimum absolute atomic E-state index is 0.0170. The van der Waals surface area contributed by atoms with Crippen molar-refractivity contribution in [3.05, 3.63) is 96.7 Å². The predicted molar refractivity (Wildman–Crippen MR) is 138 cm³/mol. The van der Waals surface area contributed by atoms with Gasteiger partial charge in [0.1, 0.15) is 5.75 Å². The first-order valence-electron chi connectivity index (χ1n) is 11.5. The number of aliphatic imine (C=N–C) groups is 1. The van der Waals surface area contributed by atoms with Gasteiger partial charge >= 0.3 is 6.03 Å². The van der Waals surface area contributed by atoms with Crippen LogP contribution in [0.1, 0.15) is 24.4 Å². The van der Waals surface area contributed by atoms with Gasteiger partial charge in [-0.05, 0) is 36.8 Å². The maximum Gasteiger partial charge on any atom is 0.342 e. The number of anilines is 1. The summed E-state index contributed by atoms with van der Waals surface area (Å²) >= 11 is 0. The molecule has 2 aliphatic heterocycles. The van der Waals surface area contributed by atoms with E-state index in [-0.39, 0.29) is 27.1 Å². The summed E-state index contributed by atoms with van der Waals surface area (Å²) < 4.78 is 26.6. The Kier molecular flexibility index (Phi) is 6.39. The van der Waals surface area contributed by atoms with Crippen LogP contribution in [0.2, 0.25) is 0 Å². The Labute approximate surface area is 209 Å². The summed E-state index contributed by atoms with van der Waals surface area (Å²) in [6.45, 7) is 0. The third-order valence-corrected chi connectivity index (χ3v) is 8.01. The summed E-state index contributed by atoms with van der Waals surface area (Å²) in [4.78, 5) is 17.9. The molecule has 0 aromatic heterocycles. The zero-order chi connectivity index (χ0) is 25.1. The monoisotopic (exact) mass is 500 g/mol. The fraction of sp³-hybridized carbons (Fsp3) is 0.148. The van der Waals surface area contributed by atoms with Crippen LogP contribution in [-0.4, -0.2) is 36.5 Å². The molecule has 0 saturated carbocycles. The summed E-state index contributed by atoms with van der Waals surface area (Å²) in [7, 11) is -3.87. The predicted octanol–water partition coefficient (Wildman–Crippen LogP) is 5.16. The number of sulfone groups is 1. The molecule has 2 unspecified atom stereocenters. The molecule has 0 aliphatic carbocycles. The lowest BCUT2D eigenvalue weighted by Gasteiger charge is -2.23. The van der Waals surface area contributed by atoms with Crippen molar-refractivity contribution in [3.8, 4) is 5.75 Å². The van der Waals surface area contributed by atoms with E-state index in [4.69, 9.17) is 0 Å². The SMILES string of the molecule is O=C(Nc1ccccc1S(=O)(=O)c1ccccc1)N1N=C(C2C=NC=CC2)CC1c1ccccc1O. The van der Waals surface area contributed by atoms with Crippen molar-refractivity contribution in [2.75, 3.05) is 5.32 Å². The van der Waals surface area contributed by atoms with Crippen molar-refractivity contribution in [2.45, 2.75) is 28.7 Å². The van der Waals surface area contributed by atoms with E-state index < -0.39 is 21.9 Å². The van der Waals surface area contributed by atoms with Gasteiger partial charge in [-0.3, -0.25) is 4.99 Å². The Balaban J connectivity index is 1.49. The number of nitrogens with one attached hydrogen (secondary N) is 1. The molecule has 8 nitrogen and oxygen atoms in total. The summed E-state index contributed by atoms with van der Waals surface area (Å²) in [6, 6.07) is 20.0. The van der Waals surface area contributed by atoms with Crippen LogP contribution in [0.15, 0.2) is 111 Å². The molecule has 9 heteroatoms. The van der Waals surface area contributed by atoms with Crippen LogP contribution in [0.4, 0.5) is 10.5 Å². The van der Waals surface area contributed by atoms with Crippen molar-refractivity contribution in [3.63, 3.8) is 0 Å². The number of hydrogen-bond donors (Lipinski definition) is 2.